The fraction of sp³-hybridized carbons (Fsp3) is 0.214. The zero-order chi connectivity index (χ0) is 13.7. The lowest BCUT2D eigenvalue weighted by Crippen LogP contribution is -2.24. The highest BCUT2D eigenvalue weighted by molar-refractivity contribution is 7.09. The molecule has 1 heterocycles. The van der Waals surface area contributed by atoms with E-state index in [-0.39, 0.29) is 5.91 Å². The van der Waals surface area contributed by atoms with Crippen molar-refractivity contribution in [3.63, 3.8) is 0 Å². The Labute approximate surface area is 115 Å². The van der Waals surface area contributed by atoms with Gasteiger partial charge in [-0.05, 0) is 24.6 Å². The maximum atomic E-state index is 11.7. The van der Waals surface area contributed by atoms with Crippen LogP contribution in [0.1, 0.15) is 21.8 Å². The molecule has 0 saturated heterocycles. The van der Waals surface area contributed by atoms with E-state index in [1.807, 2.05) is 18.4 Å². The van der Waals surface area contributed by atoms with E-state index in [9.17, 15) is 4.79 Å². The highest BCUT2D eigenvalue weighted by atomic mass is 32.1. The van der Waals surface area contributed by atoms with Crippen LogP contribution in [0.3, 0.4) is 0 Å². The van der Waals surface area contributed by atoms with E-state index in [0.717, 1.165) is 16.3 Å². The predicted octanol–water partition coefficient (Wildman–Crippen LogP) is 2.18. The first-order chi connectivity index (χ1) is 9.17. The third kappa shape index (κ3) is 3.90. The van der Waals surface area contributed by atoms with Crippen molar-refractivity contribution >= 4 is 17.2 Å². The Bertz CT molecular complexity index is 610. The first-order valence-electron chi connectivity index (χ1n) is 5.84. The van der Waals surface area contributed by atoms with Crippen LogP contribution in [-0.2, 0) is 17.8 Å². The van der Waals surface area contributed by atoms with Gasteiger partial charge in [0.1, 0.15) is 0 Å². The van der Waals surface area contributed by atoms with Gasteiger partial charge in [0.15, 0.2) is 0 Å². The number of aromatic nitrogens is 1. The summed E-state index contributed by atoms with van der Waals surface area (Å²) >= 11 is 1.57. The Kier molecular flexibility index (Phi) is 4.26. The first kappa shape index (κ1) is 13.2. The number of carbonyl (C=O) groups excluding carboxylic acids is 1. The van der Waals surface area contributed by atoms with Crippen LogP contribution >= 0.6 is 11.3 Å². The minimum absolute atomic E-state index is 0.0460. The summed E-state index contributed by atoms with van der Waals surface area (Å²) in [7, 11) is 0. The van der Waals surface area contributed by atoms with Crippen LogP contribution in [-0.4, -0.2) is 10.9 Å². The topological polar surface area (TPSA) is 65.8 Å². The molecule has 0 fully saturated rings. The summed E-state index contributed by atoms with van der Waals surface area (Å²) in [6, 6.07) is 9.07. The van der Waals surface area contributed by atoms with Crippen molar-refractivity contribution in [2.45, 2.75) is 19.9 Å². The van der Waals surface area contributed by atoms with Gasteiger partial charge in [-0.1, -0.05) is 12.1 Å². The number of amides is 1. The van der Waals surface area contributed by atoms with E-state index >= 15 is 0 Å². The molecule has 2 aromatic rings. The Morgan fingerprint density at radius 1 is 1.42 bits per heavy atom. The van der Waals surface area contributed by atoms with Gasteiger partial charge < -0.3 is 5.32 Å². The molecule has 0 atom stereocenters. The number of nitrogens with zero attached hydrogens (tertiary/aromatic N) is 2. The molecule has 0 saturated carbocycles. The van der Waals surface area contributed by atoms with Gasteiger partial charge in [-0.25, -0.2) is 4.98 Å². The Balaban J connectivity index is 1.85. The molecule has 0 unspecified atom stereocenters. The second-order valence-electron chi connectivity index (χ2n) is 4.12. The molecule has 5 heteroatoms. The van der Waals surface area contributed by atoms with Gasteiger partial charge in [-0.3, -0.25) is 4.79 Å². The molecule has 96 valence electrons. The largest absolute Gasteiger partial charge is 0.350 e. The summed E-state index contributed by atoms with van der Waals surface area (Å²) in [6.45, 7) is 2.40. The number of rotatable bonds is 4. The van der Waals surface area contributed by atoms with Gasteiger partial charge in [0.25, 0.3) is 0 Å². The highest BCUT2D eigenvalue weighted by Gasteiger charge is 2.05. The lowest BCUT2D eigenvalue weighted by molar-refractivity contribution is -0.120. The molecule has 1 N–H and O–H groups in total. The van der Waals surface area contributed by atoms with Crippen molar-refractivity contribution in [2.75, 3.05) is 0 Å². The Hall–Kier alpha value is -2.19. The molecule has 1 aromatic carbocycles. The van der Waals surface area contributed by atoms with Crippen LogP contribution < -0.4 is 5.32 Å². The third-order valence-electron chi connectivity index (χ3n) is 2.58. The quantitative estimate of drug-likeness (QED) is 0.927. The summed E-state index contributed by atoms with van der Waals surface area (Å²) in [6.07, 6.45) is 0.314. The molecular formula is C14H13N3OS. The molecule has 1 aromatic heterocycles. The lowest BCUT2D eigenvalue weighted by Gasteiger charge is -2.03. The van der Waals surface area contributed by atoms with Crippen molar-refractivity contribution in [1.82, 2.24) is 10.3 Å². The fourth-order valence-corrected chi connectivity index (χ4v) is 2.24. The van der Waals surface area contributed by atoms with Crippen LogP contribution in [0.5, 0.6) is 0 Å². The number of carbonyl (C=O) groups is 1. The van der Waals surface area contributed by atoms with E-state index in [1.165, 1.54) is 0 Å². The second kappa shape index (κ2) is 6.12. The number of nitriles is 1. The van der Waals surface area contributed by atoms with Crippen molar-refractivity contribution in [1.29, 1.82) is 5.26 Å². The summed E-state index contributed by atoms with van der Waals surface area (Å²) in [5.41, 5.74) is 2.38. The smallest absolute Gasteiger partial charge is 0.224 e. The number of hydrogen-bond acceptors (Lipinski definition) is 4. The lowest BCUT2D eigenvalue weighted by atomic mass is 10.1. The maximum absolute atomic E-state index is 11.7. The maximum Gasteiger partial charge on any atom is 0.224 e. The number of benzene rings is 1. The average Bonchev–Trinajstić information content (AvgIpc) is 2.83. The molecule has 0 radical (unpaired) electrons. The standard InChI is InChI=1S/C14H13N3OS/c1-10-17-13(9-19-10)8-16-14(18)6-11-2-4-12(7-15)5-3-11/h2-5,9H,6,8H2,1H3,(H,16,18). The molecule has 0 bridgehead atoms. The van der Waals surface area contributed by atoms with E-state index in [2.05, 4.69) is 10.3 Å². The van der Waals surface area contributed by atoms with Gasteiger partial charge in [-0.2, -0.15) is 5.26 Å². The Morgan fingerprint density at radius 3 is 2.74 bits per heavy atom. The zero-order valence-corrected chi connectivity index (χ0v) is 11.3. The van der Waals surface area contributed by atoms with Crippen molar-refractivity contribution in [3.05, 3.63) is 51.5 Å². The van der Waals surface area contributed by atoms with Gasteiger partial charge in [-0.15, -0.1) is 11.3 Å². The number of hydrogen-bond donors (Lipinski definition) is 1. The molecule has 1 amide bonds. The van der Waals surface area contributed by atoms with Gasteiger partial charge in [0, 0.05) is 5.38 Å². The summed E-state index contributed by atoms with van der Waals surface area (Å²) in [5.74, 6) is -0.0460. The summed E-state index contributed by atoms with van der Waals surface area (Å²) in [4.78, 5) is 16.0. The summed E-state index contributed by atoms with van der Waals surface area (Å²) < 4.78 is 0. The molecule has 0 aliphatic heterocycles. The number of nitrogens with one attached hydrogen (secondary N) is 1. The fourth-order valence-electron chi connectivity index (χ4n) is 1.62. The monoisotopic (exact) mass is 271 g/mol. The molecule has 0 spiro atoms. The van der Waals surface area contributed by atoms with Crippen LogP contribution in [0.15, 0.2) is 29.6 Å². The normalized spacial score (nSPS) is 9.89. The van der Waals surface area contributed by atoms with E-state index in [1.54, 1.807) is 35.6 Å². The van der Waals surface area contributed by atoms with Gasteiger partial charge in [0.05, 0.1) is 35.3 Å². The van der Waals surface area contributed by atoms with Gasteiger partial charge in [0.2, 0.25) is 5.91 Å². The minimum atomic E-state index is -0.0460. The van der Waals surface area contributed by atoms with E-state index in [4.69, 9.17) is 5.26 Å². The van der Waals surface area contributed by atoms with Crippen LogP contribution in [0.25, 0.3) is 0 Å². The molecule has 19 heavy (non-hydrogen) atoms. The zero-order valence-electron chi connectivity index (χ0n) is 10.5. The molecular weight excluding hydrogens is 258 g/mol. The first-order valence-corrected chi connectivity index (χ1v) is 6.72. The highest BCUT2D eigenvalue weighted by Crippen LogP contribution is 2.08. The SMILES string of the molecule is Cc1nc(CNC(=O)Cc2ccc(C#N)cc2)cs1. The van der Waals surface area contributed by atoms with Crippen molar-refractivity contribution in [2.24, 2.45) is 0 Å². The Morgan fingerprint density at radius 2 is 2.16 bits per heavy atom. The van der Waals surface area contributed by atoms with Crippen LogP contribution in [0.2, 0.25) is 0 Å². The van der Waals surface area contributed by atoms with Crippen LogP contribution in [0, 0.1) is 18.3 Å². The van der Waals surface area contributed by atoms with E-state index in [0.29, 0.717) is 18.5 Å². The second-order valence-corrected chi connectivity index (χ2v) is 5.18. The van der Waals surface area contributed by atoms with Crippen LogP contribution in [0.4, 0.5) is 0 Å². The van der Waals surface area contributed by atoms with Crippen molar-refractivity contribution in [3.8, 4) is 6.07 Å². The summed E-state index contributed by atoms with van der Waals surface area (Å²) in [5, 5.41) is 14.5. The molecule has 2 rings (SSSR count). The number of aryl methyl sites for hydroxylation is 1. The molecule has 0 aliphatic carbocycles. The van der Waals surface area contributed by atoms with Crippen molar-refractivity contribution < 1.29 is 4.79 Å². The molecule has 4 nitrogen and oxygen atoms in total. The average molecular weight is 271 g/mol. The minimum Gasteiger partial charge on any atom is -0.350 e. The predicted molar refractivity (Wildman–Crippen MR) is 73.6 cm³/mol. The van der Waals surface area contributed by atoms with Gasteiger partial charge >= 0.3 is 0 Å². The molecule has 0 aliphatic rings. The number of thiazole rings is 1. The van der Waals surface area contributed by atoms with E-state index < -0.39 is 0 Å². The third-order valence-corrected chi connectivity index (χ3v) is 3.40.